The lowest BCUT2D eigenvalue weighted by Crippen LogP contribution is -2.31. The number of hydrogen-bond donors (Lipinski definition) is 1. The molecule has 0 bridgehead atoms. The maximum absolute atomic E-state index is 3.83. The zero-order chi connectivity index (χ0) is 15.7. The van der Waals surface area contributed by atoms with Gasteiger partial charge >= 0.3 is 0 Å². The van der Waals surface area contributed by atoms with Crippen molar-refractivity contribution in [2.45, 2.75) is 85.2 Å². The SMILES string of the molecule is CCCCC(CCC)NC(C)c1ccc(CC(C)C)cc1. The molecule has 2 atom stereocenters. The maximum Gasteiger partial charge on any atom is 0.0294 e. The quantitative estimate of drug-likeness (QED) is 0.566. The van der Waals surface area contributed by atoms with E-state index in [-0.39, 0.29) is 0 Å². The van der Waals surface area contributed by atoms with Crippen LogP contribution in [-0.4, -0.2) is 6.04 Å². The van der Waals surface area contributed by atoms with Gasteiger partial charge in [-0.05, 0) is 43.2 Å². The molecular formula is C20H35N. The van der Waals surface area contributed by atoms with Crippen molar-refractivity contribution in [1.82, 2.24) is 5.32 Å². The Morgan fingerprint density at radius 1 is 0.905 bits per heavy atom. The van der Waals surface area contributed by atoms with Crippen molar-refractivity contribution in [2.24, 2.45) is 5.92 Å². The zero-order valence-corrected chi connectivity index (χ0v) is 14.8. The number of hydrogen-bond acceptors (Lipinski definition) is 1. The molecule has 0 aromatic heterocycles. The molecule has 21 heavy (non-hydrogen) atoms. The highest BCUT2D eigenvalue weighted by Crippen LogP contribution is 2.18. The minimum absolute atomic E-state index is 0.450. The third-order valence-corrected chi connectivity index (χ3v) is 4.15. The monoisotopic (exact) mass is 289 g/mol. The second kappa shape index (κ2) is 10.00. The fourth-order valence-corrected chi connectivity index (χ4v) is 2.97. The predicted molar refractivity (Wildman–Crippen MR) is 94.8 cm³/mol. The molecule has 0 radical (unpaired) electrons. The van der Waals surface area contributed by atoms with Crippen LogP contribution >= 0.6 is 0 Å². The van der Waals surface area contributed by atoms with E-state index in [4.69, 9.17) is 0 Å². The van der Waals surface area contributed by atoms with Crippen LogP contribution < -0.4 is 5.32 Å². The summed E-state index contributed by atoms with van der Waals surface area (Å²) in [6.07, 6.45) is 7.66. The summed E-state index contributed by atoms with van der Waals surface area (Å²) in [6, 6.07) is 10.3. The Bertz CT molecular complexity index is 366. The molecule has 0 aliphatic rings. The van der Waals surface area contributed by atoms with Crippen LogP contribution in [0.2, 0.25) is 0 Å². The van der Waals surface area contributed by atoms with Gasteiger partial charge in [0.1, 0.15) is 0 Å². The molecular weight excluding hydrogens is 254 g/mol. The normalized spacial score (nSPS) is 14.4. The Kier molecular flexibility index (Phi) is 8.68. The molecule has 0 spiro atoms. The Balaban J connectivity index is 2.57. The molecule has 120 valence electrons. The summed E-state index contributed by atoms with van der Waals surface area (Å²) in [6.45, 7) is 11.4. The predicted octanol–water partition coefficient (Wildman–Crippen LogP) is 5.89. The van der Waals surface area contributed by atoms with Gasteiger partial charge in [-0.25, -0.2) is 0 Å². The fraction of sp³-hybridized carbons (Fsp3) is 0.700. The lowest BCUT2D eigenvalue weighted by atomic mass is 9.98. The van der Waals surface area contributed by atoms with Gasteiger partial charge in [0, 0.05) is 12.1 Å². The van der Waals surface area contributed by atoms with E-state index >= 15 is 0 Å². The molecule has 0 amide bonds. The first-order valence-electron chi connectivity index (χ1n) is 8.91. The average molecular weight is 290 g/mol. The Morgan fingerprint density at radius 2 is 1.57 bits per heavy atom. The van der Waals surface area contributed by atoms with Crippen LogP contribution in [0.5, 0.6) is 0 Å². The van der Waals surface area contributed by atoms with Crippen molar-refractivity contribution in [3.8, 4) is 0 Å². The molecule has 2 unspecified atom stereocenters. The largest absolute Gasteiger partial charge is 0.307 e. The van der Waals surface area contributed by atoms with Gasteiger partial charge in [0.15, 0.2) is 0 Å². The van der Waals surface area contributed by atoms with Crippen molar-refractivity contribution in [1.29, 1.82) is 0 Å². The van der Waals surface area contributed by atoms with Crippen LogP contribution in [0.3, 0.4) is 0 Å². The van der Waals surface area contributed by atoms with Gasteiger partial charge in [-0.3, -0.25) is 0 Å². The summed E-state index contributed by atoms with van der Waals surface area (Å²) in [7, 11) is 0. The molecule has 1 nitrogen and oxygen atoms in total. The van der Waals surface area contributed by atoms with Crippen LogP contribution in [0.1, 0.15) is 83.9 Å². The molecule has 0 aliphatic carbocycles. The van der Waals surface area contributed by atoms with Crippen LogP contribution in [0.4, 0.5) is 0 Å². The van der Waals surface area contributed by atoms with E-state index in [9.17, 15) is 0 Å². The van der Waals surface area contributed by atoms with Gasteiger partial charge in [0.25, 0.3) is 0 Å². The molecule has 0 fully saturated rings. The molecule has 0 aliphatic heterocycles. The Hall–Kier alpha value is -0.820. The van der Waals surface area contributed by atoms with E-state index < -0.39 is 0 Å². The van der Waals surface area contributed by atoms with Gasteiger partial charge in [-0.15, -0.1) is 0 Å². The third kappa shape index (κ3) is 7.13. The lowest BCUT2D eigenvalue weighted by molar-refractivity contribution is 0.396. The van der Waals surface area contributed by atoms with E-state index in [1.165, 1.54) is 49.7 Å². The topological polar surface area (TPSA) is 12.0 Å². The van der Waals surface area contributed by atoms with E-state index in [0.717, 1.165) is 5.92 Å². The summed E-state index contributed by atoms with van der Waals surface area (Å²) in [5.41, 5.74) is 2.87. The van der Waals surface area contributed by atoms with Gasteiger partial charge in [-0.1, -0.05) is 71.2 Å². The van der Waals surface area contributed by atoms with Crippen LogP contribution in [0, 0.1) is 5.92 Å². The van der Waals surface area contributed by atoms with Crippen LogP contribution in [0.25, 0.3) is 0 Å². The van der Waals surface area contributed by atoms with Gasteiger partial charge in [0.2, 0.25) is 0 Å². The molecule has 0 saturated carbocycles. The lowest BCUT2D eigenvalue weighted by Gasteiger charge is -2.23. The van der Waals surface area contributed by atoms with Gasteiger partial charge in [-0.2, -0.15) is 0 Å². The summed E-state index contributed by atoms with van der Waals surface area (Å²) in [5, 5.41) is 3.83. The fourth-order valence-electron chi connectivity index (χ4n) is 2.97. The molecule has 1 rings (SSSR count). The molecule has 1 aromatic carbocycles. The number of benzene rings is 1. The van der Waals surface area contributed by atoms with Crippen molar-refractivity contribution in [3.05, 3.63) is 35.4 Å². The summed E-state index contributed by atoms with van der Waals surface area (Å²) >= 11 is 0. The highest BCUT2D eigenvalue weighted by molar-refractivity contribution is 5.25. The second-order valence-electron chi connectivity index (χ2n) is 6.86. The minimum Gasteiger partial charge on any atom is -0.307 e. The number of unbranched alkanes of at least 4 members (excludes halogenated alkanes) is 1. The van der Waals surface area contributed by atoms with E-state index in [1.54, 1.807) is 0 Å². The number of nitrogens with one attached hydrogen (secondary N) is 1. The molecule has 1 N–H and O–H groups in total. The van der Waals surface area contributed by atoms with E-state index in [2.05, 4.69) is 64.2 Å². The minimum atomic E-state index is 0.450. The van der Waals surface area contributed by atoms with E-state index in [1.807, 2.05) is 0 Å². The Labute approximate surface area is 132 Å². The van der Waals surface area contributed by atoms with Crippen molar-refractivity contribution in [3.63, 3.8) is 0 Å². The molecule has 0 heterocycles. The number of rotatable bonds is 10. The first kappa shape index (κ1) is 18.2. The third-order valence-electron chi connectivity index (χ3n) is 4.15. The first-order valence-corrected chi connectivity index (χ1v) is 8.91. The summed E-state index contributed by atoms with van der Waals surface area (Å²) in [4.78, 5) is 0. The van der Waals surface area contributed by atoms with Crippen molar-refractivity contribution in [2.75, 3.05) is 0 Å². The van der Waals surface area contributed by atoms with Crippen molar-refractivity contribution >= 4 is 0 Å². The van der Waals surface area contributed by atoms with Gasteiger partial charge < -0.3 is 5.32 Å². The van der Waals surface area contributed by atoms with Crippen LogP contribution in [0.15, 0.2) is 24.3 Å². The van der Waals surface area contributed by atoms with Crippen molar-refractivity contribution < 1.29 is 0 Å². The summed E-state index contributed by atoms with van der Waals surface area (Å²) in [5.74, 6) is 0.731. The highest BCUT2D eigenvalue weighted by Gasteiger charge is 2.12. The smallest absolute Gasteiger partial charge is 0.0294 e. The van der Waals surface area contributed by atoms with E-state index in [0.29, 0.717) is 12.1 Å². The van der Waals surface area contributed by atoms with Gasteiger partial charge in [0.05, 0.1) is 0 Å². The molecule has 1 aromatic rings. The maximum atomic E-state index is 3.83. The first-order chi connectivity index (χ1) is 10.1. The van der Waals surface area contributed by atoms with Crippen LogP contribution in [-0.2, 0) is 6.42 Å². The Morgan fingerprint density at radius 3 is 2.10 bits per heavy atom. The standard InChI is InChI=1S/C20H35N/c1-6-8-10-20(9-7-2)21-17(5)19-13-11-18(12-14-19)15-16(3)4/h11-14,16-17,20-21H,6-10,15H2,1-5H3. The highest BCUT2D eigenvalue weighted by atomic mass is 14.9. The zero-order valence-electron chi connectivity index (χ0n) is 14.8. The summed E-state index contributed by atoms with van der Waals surface area (Å²) < 4.78 is 0. The molecule has 0 saturated heterocycles. The molecule has 1 heteroatoms. The second-order valence-corrected chi connectivity index (χ2v) is 6.86. The average Bonchev–Trinajstić information content (AvgIpc) is 2.45.